The minimum absolute atomic E-state index is 0.600. The number of benzene rings is 7. The van der Waals surface area contributed by atoms with E-state index in [0.717, 1.165) is 49.8 Å². The molecule has 0 bridgehead atoms. The number of furan rings is 1. The third-order valence-corrected chi connectivity index (χ3v) is 9.58. The molecule has 0 spiro atoms. The highest BCUT2D eigenvalue weighted by molar-refractivity contribution is 6.32. The number of hydrogen-bond acceptors (Lipinski definition) is 4. The molecule has 1 aliphatic rings. The van der Waals surface area contributed by atoms with E-state index < -0.39 is 0 Å². The van der Waals surface area contributed by atoms with Crippen molar-refractivity contribution in [3.8, 4) is 67.5 Å². The van der Waals surface area contributed by atoms with Crippen LogP contribution in [0.1, 0.15) is 0 Å². The first-order valence-corrected chi connectivity index (χ1v) is 16.3. The van der Waals surface area contributed by atoms with Gasteiger partial charge in [0.1, 0.15) is 11.2 Å². The summed E-state index contributed by atoms with van der Waals surface area (Å²) in [5.41, 5.74) is 11.3. The van der Waals surface area contributed by atoms with Crippen LogP contribution in [0, 0.1) is 0 Å². The predicted octanol–water partition coefficient (Wildman–Crippen LogP) is 11.9. The van der Waals surface area contributed by atoms with Crippen molar-refractivity contribution in [1.29, 1.82) is 0 Å². The van der Waals surface area contributed by atoms with Crippen LogP contribution in [-0.4, -0.2) is 15.0 Å². The smallest absolute Gasteiger partial charge is 0.164 e. The Morgan fingerprint density at radius 1 is 0.396 bits per heavy atom. The third kappa shape index (κ3) is 4.13. The summed E-state index contributed by atoms with van der Waals surface area (Å²) >= 11 is 6.47. The van der Waals surface area contributed by atoms with Crippen molar-refractivity contribution in [2.24, 2.45) is 0 Å². The van der Waals surface area contributed by atoms with Gasteiger partial charge in [0, 0.05) is 32.5 Å². The van der Waals surface area contributed by atoms with E-state index >= 15 is 0 Å². The molecule has 224 valence electrons. The maximum Gasteiger partial charge on any atom is 0.164 e. The zero-order valence-electron chi connectivity index (χ0n) is 25.5. The Labute approximate surface area is 281 Å². The average Bonchev–Trinajstić information content (AvgIpc) is 3.68. The lowest BCUT2D eigenvalue weighted by molar-refractivity contribution is 0.669. The normalized spacial score (nSPS) is 11.9. The Morgan fingerprint density at radius 3 is 1.83 bits per heavy atom. The largest absolute Gasteiger partial charge is 0.456 e. The van der Waals surface area contributed by atoms with Crippen LogP contribution in [0.2, 0.25) is 5.02 Å². The highest BCUT2D eigenvalue weighted by atomic mass is 35.5. The highest BCUT2D eigenvalue weighted by Crippen LogP contribution is 2.48. The summed E-state index contributed by atoms with van der Waals surface area (Å²) in [6.45, 7) is 0. The molecule has 0 aliphatic heterocycles. The molecule has 0 amide bonds. The fourth-order valence-corrected chi connectivity index (χ4v) is 7.38. The summed E-state index contributed by atoms with van der Waals surface area (Å²) in [5.74, 6) is 1.84. The van der Waals surface area contributed by atoms with Gasteiger partial charge in [-0.1, -0.05) is 127 Å². The minimum atomic E-state index is 0.600. The van der Waals surface area contributed by atoms with Gasteiger partial charge in [0.2, 0.25) is 0 Å². The average molecular weight is 634 g/mol. The molecule has 0 saturated heterocycles. The van der Waals surface area contributed by atoms with Crippen LogP contribution in [0.15, 0.2) is 150 Å². The zero-order chi connectivity index (χ0) is 31.8. The summed E-state index contributed by atoms with van der Waals surface area (Å²) in [6, 6.07) is 49.9. The van der Waals surface area contributed by atoms with Gasteiger partial charge in [-0.3, -0.25) is 0 Å². The molecule has 7 aromatic carbocycles. The van der Waals surface area contributed by atoms with E-state index in [1.54, 1.807) is 0 Å². The van der Waals surface area contributed by atoms with Gasteiger partial charge in [-0.2, -0.15) is 0 Å². The van der Waals surface area contributed by atoms with Crippen LogP contribution >= 0.6 is 11.6 Å². The Bertz CT molecular complexity index is 2740. The molecule has 0 N–H and O–H groups in total. The van der Waals surface area contributed by atoms with E-state index in [9.17, 15) is 0 Å². The molecule has 0 atom stereocenters. The fraction of sp³-hybridized carbons (Fsp3) is 0. The number of hydrogen-bond donors (Lipinski definition) is 0. The lowest BCUT2D eigenvalue weighted by Crippen LogP contribution is -2.01. The van der Waals surface area contributed by atoms with Crippen molar-refractivity contribution >= 4 is 44.3 Å². The van der Waals surface area contributed by atoms with Gasteiger partial charge in [0.25, 0.3) is 0 Å². The van der Waals surface area contributed by atoms with Gasteiger partial charge in [-0.15, -0.1) is 0 Å². The second-order valence-corrected chi connectivity index (χ2v) is 12.5. The molecule has 48 heavy (non-hydrogen) atoms. The quantitative estimate of drug-likeness (QED) is 0.193. The highest BCUT2D eigenvalue weighted by Gasteiger charge is 2.23. The van der Waals surface area contributed by atoms with E-state index in [-0.39, 0.29) is 0 Å². The van der Waals surface area contributed by atoms with Crippen LogP contribution in [0.3, 0.4) is 0 Å². The van der Waals surface area contributed by atoms with Gasteiger partial charge < -0.3 is 4.42 Å². The van der Waals surface area contributed by atoms with E-state index in [1.807, 2.05) is 72.8 Å². The number of rotatable bonds is 4. The van der Waals surface area contributed by atoms with Crippen LogP contribution in [-0.2, 0) is 0 Å². The minimum Gasteiger partial charge on any atom is -0.456 e. The second-order valence-electron chi connectivity index (χ2n) is 12.1. The Hall–Kier alpha value is -6.10. The molecule has 5 heteroatoms. The first-order chi connectivity index (χ1) is 23.7. The van der Waals surface area contributed by atoms with Crippen molar-refractivity contribution in [1.82, 2.24) is 15.0 Å². The van der Waals surface area contributed by atoms with Crippen molar-refractivity contribution in [3.05, 3.63) is 151 Å². The van der Waals surface area contributed by atoms with Gasteiger partial charge in [-0.25, -0.2) is 15.0 Å². The lowest BCUT2D eigenvalue weighted by Gasteiger charge is -2.13. The van der Waals surface area contributed by atoms with Gasteiger partial charge in [0.05, 0.1) is 0 Å². The van der Waals surface area contributed by atoms with E-state index in [1.165, 1.54) is 33.0 Å². The van der Waals surface area contributed by atoms with E-state index in [0.29, 0.717) is 22.5 Å². The monoisotopic (exact) mass is 633 g/mol. The summed E-state index contributed by atoms with van der Waals surface area (Å²) in [7, 11) is 0. The summed E-state index contributed by atoms with van der Waals surface area (Å²) in [6.07, 6.45) is 0. The van der Waals surface area contributed by atoms with Gasteiger partial charge >= 0.3 is 0 Å². The predicted molar refractivity (Wildman–Crippen MR) is 196 cm³/mol. The van der Waals surface area contributed by atoms with Crippen LogP contribution < -0.4 is 0 Å². The second kappa shape index (κ2) is 10.5. The van der Waals surface area contributed by atoms with Crippen molar-refractivity contribution in [2.75, 3.05) is 0 Å². The van der Waals surface area contributed by atoms with Crippen LogP contribution in [0.4, 0.5) is 0 Å². The molecule has 9 aromatic rings. The molecule has 0 unspecified atom stereocenters. The van der Waals surface area contributed by atoms with E-state index in [2.05, 4.69) is 72.8 Å². The zero-order valence-corrected chi connectivity index (χ0v) is 26.2. The van der Waals surface area contributed by atoms with Crippen LogP contribution in [0.25, 0.3) is 100 Å². The maximum absolute atomic E-state index is 6.47. The number of halogens is 1. The summed E-state index contributed by atoms with van der Waals surface area (Å²) < 4.78 is 6.25. The number of fused-ring (bicyclic) bond motifs is 6. The molecule has 10 rings (SSSR count). The number of nitrogens with zero attached hydrogens (tertiary/aromatic N) is 3. The van der Waals surface area contributed by atoms with Crippen LogP contribution in [0.5, 0.6) is 0 Å². The molecule has 0 fully saturated rings. The van der Waals surface area contributed by atoms with Gasteiger partial charge in [0.15, 0.2) is 17.5 Å². The Morgan fingerprint density at radius 2 is 1.02 bits per heavy atom. The number of aromatic nitrogens is 3. The Kier molecular flexibility index (Phi) is 5.90. The van der Waals surface area contributed by atoms with Crippen molar-refractivity contribution in [2.45, 2.75) is 0 Å². The summed E-state index contributed by atoms with van der Waals surface area (Å²) in [5, 5.41) is 5.18. The molecule has 2 heterocycles. The topological polar surface area (TPSA) is 51.8 Å². The molecular weight excluding hydrogens is 610 g/mol. The standard InChI is InChI=1S/C43H24ClN3O/c44-28-20-22-37-36(24-28)40-32(17-8-18-38(40)48-37)29-13-4-5-14-34(29)43-46-41(26-9-2-1-3-10-26)45-42(47-43)27-19-21-30-31-15-6-11-25-12-7-16-33(39(25)31)35(30)23-27/h1-24H. The first kappa shape index (κ1) is 27.1. The molecular formula is C43H24ClN3O. The third-order valence-electron chi connectivity index (χ3n) is 9.35. The Balaban J connectivity index is 1.19. The summed E-state index contributed by atoms with van der Waals surface area (Å²) in [4.78, 5) is 15.4. The molecule has 0 saturated carbocycles. The van der Waals surface area contributed by atoms with E-state index in [4.69, 9.17) is 31.0 Å². The molecule has 0 radical (unpaired) electrons. The SMILES string of the molecule is Clc1ccc2oc3cccc(-c4ccccc4-c4nc(-c5ccccc5)nc(-c5ccc6c(c5)-c5cccc7cccc-6c57)n4)c3c2c1. The molecule has 4 nitrogen and oxygen atoms in total. The van der Waals surface area contributed by atoms with Gasteiger partial charge in [-0.05, 0) is 74.5 Å². The molecule has 2 aromatic heterocycles. The lowest BCUT2D eigenvalue weighted by atomic mass is 9.95. The molecule has 1 aliphatic carbocycles. The maximum atomic E-state index is 6.47. The van der Waals surface area contributed by atoms with Crippen molar-refractivity contribution < 1.29 is 4.42 Å². The fourth-order valence-electron chi connectivity index (χ4n) is 7.21. The van der Waals surface area contributed by atoms with Crippen molar-refractivity contribution in [3.63, 3.8) is 0 Å². The first-order valence-electron chi connectivity index (χ1n) is 15.9.